The van der Waals surface area contributed by atoms with Crippen LogP contribution in [0.4, 0.5) is 19.8 Å². The quantitative estimate of drug-likeness (QED) is 0.272. The van der Waals surface area contributed by atoms with Gasteiger partial charge in [-0.1, -0.05) is 17.7 Å². The van der Waals surface area contributed by atoms with Crippen LogP contribution >= 0.6 is 11.6 Å². The number of nitrogens with zero attached hydrogens (tertiary/aromatic N) is 4. The van der Waals surface area contributed by atoms with Crippen molar-refractivity contribution in [2.75, 3.05) is 37.7 Å². The van der Waals surface area contributed by atoms with E-state index in [1.807, 2.05) is 0 Å². The number of rotatable bonds is 3. The highest BCUT2D eigenvalue weighted by molar-refractivity contribution is 6.35. The van der Waals surface area contributed by atoms with Crippen LogP contribution in [0.3, 0.4) is 0 Å². The lowest BCUT2D eigenvalue weighted by atomic mass is 9.67. The molecule has 3 fully saturated rings. The number of amides is 2. The number of hydrogen-bond donors (Lipinski definition) is 0. The minimum Gasteiger partial charge on any atom is -0.489 e. The average Bonchev–Trinajstić information content (AvgIpc) is 3.04. The highest BCUT2D eigenvalue weighted by Gasteiger charge is 2.52. The third kappa shape index (κ3) is 5.91. The number of pyridine rings is 1. The van der Waals surface area contributed by atoms with Gasteiger partial charge < -0.3 is 33.6 Å². The van der Waals surface area contributed by atoms with E-state index in [0.29, 0.717) is 12.4 Å². The molecule has 1 atom stereocenters. The van der Waals surface area contributed by atoms with E-state index in [-0.39, 0.29) is 71.0 Å². The molecule has 2 amide bonds. The van der Waals surface area contributed by atoms with E-state index in [9.17, 15) is 14.4 Å². The lowest BCUT2D eigenvalue weighted by Crippen LogP contribution is -2.65. The molecule has 6 rings (SSSR count). The highest BCUT2D eigenvalue weighted by Crippen LogP contribution is 2.53. The molecular weight excluding hydrogens is 619 g/mol. The second kappa shape index (κ2) is 11.5. The van der Waals surface area contributed by atoms with Crippen molar-refractivity contribution in [3.63, 3.8) is 0 Å². The summed E-state index contributed by atoms with van der Waals surface area (Å²) in [7, 11) is 0. The summed E-state index contributed by atoms with van der Waals surface area (Å²) in [4.78, 5) is 50.2. The first-order valence-electron chi connectivity index (χ1n) is 15.7. The van der Waals surface area contributed by atoms with E-state index >= 15 is 4.39 Å². The number of hydrogen-bond acceptors (Lipinski definition) is 9. The maximum absolute atomic E-state index is 15.7. The first-order valence-corrected chi connectivity index (χ1v) is 16.1. The number of benzene rings is 1. The van der Waals surface area contributed by atoms with Crippen molar-refractivity contribution >= 4 is 35.6 Å². The Kier molecular flexibility index (Phi) is 8.02. The summed E-state index contributed by atoms with van der Waals surface area (Å²) < 4.78 is 38.4. The van der Waals surface area contributed by atoms with Crippen LogP contribution in [-0.2, 0) is 9.47 Å². The van der Waals surface area contributed by atoms with Crippen LogP contribution in [0.15, 0.2) is 18.2 Å². The van der Waals surface area contributed by atoms with Gasteiger partial charge >= 0.3 is 12.2 Å². The number of carbonyl (C=O) groups is 3. The van der Waals surface area contributed by atoms with E-state index in [0.717, 1.165) is 25.7 Å². The Hall–Kier alpha value is -3.80. The van der Waals surface area contributed by atoms with Crippen molar-refractivity contribution in [1.29, 1.82) is 0 Å². The van der Waals surface area contributed by atoms with Gasteiger partial charge in [0.2, 0.25) is 0 Å². The number of anilines is 1. The predicted octanol–water partition coefficient (Wildman–Crippen LogP) is 6.44. The third-order valence-electron chi connectivity index (χ3n) is 8.81. The van der Waals surface area contributed by atoms with E-state index in [1.165, 1.54) is 18.2 Å². The molecule has 13 heteroatoms. The Balaban J connectivity index is 1.42. The number of ether oxygens (including phenoxy) is 4. The molecule has 2 saturated heterocycles. The monoisotopic (exact) mass is 658 g/mol. The number of aromatic nitrogens is 1. The fourth-order valence-corrected chi connectivity index (χ4v) is 6.74. The van der Waals surface area contributed by atoms with Gasteiger partial charge in [-0.15, -0.1) is 0 Å². The maximum Gasteiger partial charge on any atom is 0.514 e. The molecule has 0 bridgehead atoms. The van der Waals surface area contributed by atoms with Crippen molar-refractivity contribution in [2.45, 2.75) is 90.0 Å². The third-order valence-corrected chi connectivity index (χ3v) is 9.16. The van der Waals surface area contributed by atoms with Crippen molar-refractivity contribution in [2.24, 2.45) is 0 Å². The Labute approximate surface area is 272 Å². The summed E-state index contributed by atoms with van der Waals surface area (Å²) in [5.74, 6) is -0.752. The standard InChI is InChI=1S/C33H40ClFN4O7/c1-31(2,3)45-29(41)37-15-16-38-19(17-37)18-43-26-23(28(38)40)27(39-14-13-33(39)11-8-12-33)36-25(24(26)34)22-20(35)9-7-10-21(22)44-30(42)46-32(4,5)6/h7,9-10,19H,8,11-18H2,1-6H3/t19-/m1/s1. The molecular formula is C33H40ClFN4O7. The molecule has 1 aromatic heterocycles. The van der Waals surface area contributed by atoms with Crippen molar-refractivity contribution in [3.8, 4) is 22.8 Å². The Bertz CT molecular complexity index is 1580. The SMILES string of the molecule is CC(C)(C)OC(=O)Oc1cccc(F)c1-c1nc(N2CCC23CCC3)c2c(c1Cl)OC[C@H]1CN(C(=O)OC(C)(C)C)CCN1C2=O. The molecule has 248 valence electrons. The molecule has 3 aliphatic heterocycles. The van der Waals surface area contributed by atoms with Gasteiger partial charge in [-0.3, -0.25) is 4.79 Å². The molecule has 4 aliphatic rings. The number of piperazine rings is 1. The lowest BCUT2D eigenvalue weighted by Gasteiger charge is -2.59. The summed E-state index contributed by atoms with van der Waals surface area (Å²) in [6.07, 6.45) is 2.41. The van der Waals surface area contributed by atoms with Crippen LogP contribution in [-0.4, -0.2) is 88.5 Å². The summed E-state index contributed by atoms with van der Waals surface area (Å²) in [6, 6.07) is 3.57. The van der Waals surface area contributed by atoms with E-state index in [4.69, 9.17) is 35.5 Å². The number of halogens is 2. The fourth-order valence-electron chi connectivity index (χ4n) is 6.45. The van der Waals surface area contributed by atoms with Gasteiger partial charge in [0.05, 0.1) is 11.6 Å². The van der Waals surface area contributed by atoms with E-state index in [2.05, 4.69) is 4.90 Å². The fraction of sp³-hybridized carbons (Fsp3) is 0.576. The molecule has 0 unspecified atom stereocenters. The molecule has 1 spiro atoms. The van der Waals surface area contributed by atoms with Gasteiger partial charge in [-0.2, -0.15) is 0 Å². The van der Waals surface area contributed by atoms with Crippen LogP contribution in [0.2, 0.25) is 5.02 Å². The smallest absolute Gasteiger partial charge is 0.489 e. The first kappa shape index (κ1) is 32.2. The van der Waals surface area contributed by atoms with Gasteiger partial charge in [0.15, 0.2) is 5.75 Å². The average molecular weight is 659 g/mol. The van der Waals surface area contributed by atoms with Crippen molar-refractivity contribution in [3.05, 3.63) is 34.6 Å². The Morgan fingerprint density at radius 1 is 1.02 bits per heavy atom. The summed E-state index contributed by atoms with van der Waals surface area (Å²) >= 11 is 6.99. The van der Waals surface area contributed by atoms with Gasteiger partial charge in [-0.05, 0) is 79.4 Å². The van der Waals surface area contributed by atoms with Gasteiger partial charge in [0.1, 0.15) is 51.5 Å². The minimum atomic E-state index is -1.01. The van der Waals surface area contributed by atoms with Crippen LogP contribution < -0.4 is 14.4 Å². The molecule has 11 nitrogen and oxygen atoms in total. The van der Waals surface area contributed by atoms with Gasteiger partial charge in [0, 0.05) is 31.7 Å². The molecule has 1 aromatic carbocycles. The zero-order valence-electron chi connectivity index (χ0n) is 27.1. The van der Waals surface area contributed by atoms with Crippen molar-refractivity contribution < 1.29 is 37.7 Å². The van der Waals surface area contributed by atoms with Crippen LogP contribution in [0.5, 0.6) is 11.5 Å². The normalized spacial score (nSPS) is 20.5. The molecule has 1 saturated carbocycles. The van der Waals surface area contributed by atoms with Gasteiger partial charge in [-0.25, -0.2) is 19.0 Å². The summed E-state index contributed by atoms with van der Waals surface area (Å²) in [6.45, 7) is 11.9. The predicted molar refractivity (Wildman–Crippen MR) is 168 cm³/mol. The topological polar surface area (TPSA) is 111 Å². The second-order valence-corrected chi connectivity index (χ2v) is 14.7. The lowest BCUT2D eigenvalue weighted by molar-refractivity contribution is 0.000921. The first-order chi connectivity index (χ1) is 21.6. The Morgan fingerprint density at radius 2 is 1.74 bits per heavy atom. The number of carbonyl (C=O) groups excluding carboxylic acids is 3. The molecule has 46 heavy (non-hydrogen) atoms. The zero-order chi connectivity index (χ0) is 33.2. The molecule has 1 aliphatic carbocycles. The Morgan fingerprint density at radius 3 is 2.35 bits per heavy atom. The number of fused-ring (bicyclic) bond motifs is 2. The van der Waals surface area contributed by atoms with Crippen LogP contribution in [0.25, 0.3) is 11.3 Å². The molecule has 0 N–H and O–H groups in total. The zero-order valence-corrected chi connectivity index (χ0v) is 27.8. The maximum atomic E-state index is 15.7. The minimum absolute atomic E-state index is 0.0171. The largest absolute Gasteiger partial charge is 0.514 e. The summed E-state index contributed by atoms with van der Waals surface area (Å²) in [5.41, 5.74) is -1.61. The summed E-state index contributed by atoms with van der Waals surface area (Å²) in [5, 5.41) is -0.0849. The molecule has 0 radical (unpaired) electrons. The second-order valence-electron chi connectivity index (χ2n) is 14.4. The highest BCUT2D eigenvalue weighted by atomic mass is 35.5. The van der Waals surface area contributed by atoms with Gasteiger partial charge in [0.25, 0.3) is 5.91 Å². The molecule has 2 aromatic rings. The van der Waals surface area contributed by atoms with Crippen molar-refractivity contribution in [1.82, 2.24) is 14.8 Å². The van der Waals surface area contributed by atoms with Crippen LogP contribution in [0.1, 0.15) is 77.6 Å². The van der Waals surface area contributed by atoms with E-state index in [1.54, 1.807) is 51.3 Å². The molecule has 4 heterocycles. The van der Waals surface area contributed by atoms with E-state index < -0.39 is 35.3 Å². The van der Waals surface area contributed by atoms with Crippen LogP contribution in [0, 0.1) is 5.82 Å².